The number of nitrogens with two attached hydrogens (primary N) is 1. The minimum atomic E-state index is -2.47. The number of ether oxygens (including phenoxy) is 1. The van der Waals surface area contributed by atoms with Crippen molar-refractivity contribution in [3.05, 3.63) is 41.5 Å². The third kappa shape index (κ3) is 2.62. The van der Waals surface area contributed by atoms with E-state index in [4.69, 9.17) is 10.5 Å². The summed E-state index contributed by atoms with van der Waals surface area (Å²) in [7, 11) is 3.62. The van der Waals surface area contributed by atoms with E-state index >= 15 is 4.39 Å². The Labute approximate surface area is 215 Å². The number of anilines is 1. The molecule has 1 aromatic carbocycles. The predicted molar refractivity (Wildman–Crippen MR) is 137 cm³/mol. The van der Waals surface area contributed by atoms with Gasteiger partial charge in [0.15, 0.2) is 11.5 Å². The second-order valence-corrected chi connectivity index (χ2v) is 12.4. The van der Waals surface area contributed by atoms with Gasteiger partial charge in [0.1, 0.15) is 17.8 Å². The zero-order valence-electron chi connectivity index (χ0n) is 21.4. The third-order valence-corrected chi connectivity index (χ3v) is 10.7. The van der Waals surface area contributed by atoms with E-state index in [2.05, 4.69) is 35.3 Å². The number of likely N-dealkylation sites (N-methyl/N-ethyl adjacent to an activating group) is 1. The lowest BCUT2D eigenvalue weighted by Crippen LogP contribution is -2.78. The number of nitrogen functional groups attached to an aromatic ring is 1. The molecule has 3 fully saturated rings. The molecule has 3 aliphatic carbocycles. The second-order valence-electron chi connectivity index (χ2n) is 12.4. The first-order valence-corrected chi connectivity index (χ1v) is 13.2. The molecule has 2 spiro atoms. The van der Waals surface area contributed by atoms with Gasteiger partial charge < -0.3 is 30.7 Å². The number of aliphatic hydroxyl groups is 3. The van der Waals surface area contributed by atoms with E-state index in [0.717, 1.165) is 22.9 Å². The fourth-order valence-electron chi connectivity index (χ4n) is 8.73. The maximum absolute atomic E-state index is 17.0. The van der Waals surface area contributed by atoms with Gasteiger partial charge in [-0.15, -0.1) is 0 Å². The molecule has 2 aromatic rings. The molecule has 6 N–H and O–H groups in total. The van der Waals surface area contributed by atoms with Gasteiger partial charge in [-0.25, -0.2) is 4.39 Å². The van der Waals surface area contributed by atoms with Crippen LogP contribution in [0.5, 0.6) is 0 Å². The van der Waals surface area contributed by atoms with Crippen LogP contribution in [0.2, 0.25) is 0 Å². The highest BCUT2D eigenvalue weighted by Crippen LogP contribution is 2.70. The van der Waals surface area contributed by atoms with E-state index < -0.39 is 41.2 Å². The smallest absolute Gasteiger partial charge is 0.197 e. The Kier molecular flexibility index (Phi) is 4.64. The Morgan fingerprint density at radius 1 is 1.19 bits per heavy atom. The van der Waals surface area contributed by atoms with Gasteiger partial charge in [-0.05, 0) is 75.0 Å². The molecule has 0 radical (unpaired) electrons. The number of allylic oxidation sites excluding steroid dienone is 3. The monoisotopic (exact) mass is 510 g/mol. The van der Waals surface area contributed by atoms with Crippen molar-refractivity contribution in [2.24, 2.45) is 11.3 Å². The number of aromatic amines is 1. The lowest BCUT2D eigenvalue weighted by atomic mass is 9.55. The number of aromatic nitrogens is 2. The van der Waals surface area contributed by atoms with Crippen molar-refractivity contribution in [1.29, 1.82) is 0 Å². The largest absolute Gasteiger partial charge is 0.389 e. The number of nitrogens with one attached hydrogen (secondary N) is 1. The van der Waals surface area contributed by atoms with Crippen molar-refractivity contribution >= 4 is 22.3 Å². The average molecular weight is 511 g/mol. The van der Waals surface area contributed by atoms with Crippen molar-refractivity contribution in [2.75, 3.05) is 19.8 Å². The van der Waals surface area contributed by atoms with Crippen molar-refractivity contribution in [3.8, 4) is 0 Å². The van der Waals surface area contributed by atoms with Gasteiger partial charge in [0.05, 0.1) is 17.2 Å². The highest BCUT2D eigenvalue weighted by molar-refractivity contribution is 5.92. The molecule has 1 saturated carbocycles. The second kappa shape index (κ2) is 7.21. The zero-order chi connectivity index (χ0) is 26.1. The molecule has 2 saturated heterocycles. The molecule has 9 unspecified atom stereocenters. The minimum absolute atomic E-state index is 0.00719. The quantitative estimate of drug-likeness (QED) is 0.392. The van der Waals surface area contributed by atoms with E-state index in [-0.39, 0.29) is 17.8 Å². The summed E-state index contributed by atoms with van der Waals surface area (Å²) in [6, 6.07) is 5.67. The molecule has 2 aliphatic heterocycles. The predicted octanol–water partition coefficient (Wildman–Crippen LogP) is 2.31. The molecule has 8 nitrogen and oxygen atoms in total. The molecule has 5 aliphatic rings. The molecule has 7 rings (SSSR count). The van der Waals surface area contributed by atoms with Crippen molar-refractivity contribution < 1.29 is 24.4 Å². The van der Waals surface area contributed by atoms with Crippen LogP contribution in [0, 0.1) is 11.3 Å². The summed E-state index contributed by atoms with van der Waals surface area (Å²) in [6.07, 6.45) is 2.11. The molecule has 37 heavy (non-hydrogen) atoms. The van der Waals surface area contributed by atoms with E-state index in [1.807, 2.05) is 31.1 Å². The van der Waals surface area contributed by atoms with Crippen molar-refractivity contribution in [2.45, 2.75) is 80.3 Å². The van der Waals surface area contributed by atoms with Crippen LogP contribution in [0.25, 0.3) is 16.5 Å². The van der Waals surface area contributed by atoms with E-state index in [1.165, 1.54) is 5.57 Å². The lowest BCUT2D eigenvalue weighted by Gasteiger charge is -2.62. The summed E-state index contributed by atoms with van der Waals surface area (Å²) in [5, 5.41) is 41.5. The molecule has 3 heterocycles. The molecule has 1 aromatic heterocycles. The Bertz CT molecular complexity index is 1370. The fraction of sp³-hybridized carbons (Fsp3) is 0.607. The first-order valence-electron chi connectivity index (χ1n) is 13.2. The Hall–Kier alpha value is -2.30. The van der Waals surface area contributed by atoms with Gasteiger partial charge in [-0.2, -0.15) is 5.10 Å². The van der Waals surface area contributed by atoms with Gasteiger partial charge in [0.2, 0.25) is 0 Å². The molecule has 198 valence electrons. The molecule has 9 atom stereocenters. The van der Waals surface area contributed by atoms with Crippen molar-refractivity contribution in [1.82, 2.24) is 15.1 Å². The zero-order valence-corrected chi connectivity index (χ0v) is 21.4. The van der Waals surface area contributed by atoms with Crippen LogP contribution in [0.15, 0.2) is 35.9 Å². The van der Waals surface area contributed by atoms with Crippen LogP contribution in [0.1, 0.15) is 44.6 Å². The molecule has 0 amide bonds. The summed E-state index contributed by atoms with van der Waals surface area (Å²) >= 11 is 0. The number of alkyl halides is 1. The first-order chi connectivity index (χ1) is 17.5. The van der Waals surface area contributed by atoms with Crippen LogP contribution in [0.3, 0.4) is 0 Å². The summed E-state index contributed by atoms with van der Waals surface area (Å²) in [6.45, 7) is 2.24. The third-order valence-electron chi connectivity index (χ3n) is 10.7. The first kappa shape index (κ1) is 23.8. The number of hydrogen-bond acceptors (Lipinski definition) is 7. The van der Waals surface area contributed by atoms with Crippen LogP contribution in [-0.2, 0) is 4.74 Å². The normalized spacial score (nSPS) is 46.4. The highest BCUT2D eigenvalue weighted by Gasteiger charge is 2.79. The van der Waals surface area contributed by atoms with E-state index in [0.29, 0.717) is 30.7 Å². The standard InChI is InChI=1S/C28H35FN4O4/c1-25-9-8-17-22(35)28(29)23(36)21(34)19(33(2)3)13-26(28)10-11-27(17,37-26)20(25)7-5-16(25)14-4-6-18-15(12-14)24(30)32-31-18/h4-6,8,12,19-23,34-36H,7,9-11,13H2,1-3H3,(H3,30,31,32). The molecular formula is C28H35FN4O4. The number of H-pyrrole nitrogens is 1. The molecule has 2 bridgehead atoms. The summed E-state index contributed by atoms with van der Waals surface area (Å²) in [4.78, 5) is 1.81. The Morgan fingerprint density at radius 2 is 1.97 bits per heavy atom. The number of rotatable bonds is 2. The maximum atomic E-state index is 17.0. The summed E-state index contributed by atoms with van der Waals surface area (Å²) in [5.74, 6) is 0.471. The van der Waals surface area contributed by atoms with Crippen LogP contribution in [0.4, 0.5) is 10.2 Å². The van der Waals surface area contributed by atoms with Gasteiger partial charge in [-0.1, -0.05) is 25.1 Å². The van der Waals surface area contributed by atoms with Crippen LogP contribution >= 0.6 is 0 Å². The van der Waals surface area contributed by atoms with Gasteiger partial charge in [0, 0.05) is 22.8 Å². The SMILES string of the molecule is CN(C)C1CC23CCC4(O2)C(=CCC2(C)C(c5ccc6[nH]nc(N)c6c5)=CCC24)C(O)C3(F)C(O)C1O. The van der Waals surface area contributed by atoms with Crippen LogP contribution in [-0.4, -0.2) is 85.7 Å². The van der Waals surface area contributed by atoms with Gasteiger partial charge >= 0.3 is 0 Å². The number of nitrogens with zero attached hydrogens (tertiary/aromatic N) is 2. The number of aliphatic hydroxyl groups excluding tert-OH is 3. The Morgan fingerprint density at radius 3 is 2.73 bits per heavy atom. The fourth-order valence-corrected chi connectivity index (χ4v) is 8.73. The summed E-state index contributed by atoms with van der Waals surface area (Å²) < 4.78 is 23.9. The lowest BCUT2D eigenvalue weighted by molar-refractivity contribution is -0.308. The maximum Gasteiger partial charge on any atom is 0.197 e. The summed E-state index contributed by atoms with van der Waals surface area (Å²) in [5.41, 5.74) is 4.83. The van der Waals surface area contributed by atoms with Crippen LogP contribution < -0.4 is 5.73 Å². The molecule has 9 heteroatoms. The topological polar surface area (TPSA) is 128 Å². The number of benzene rings is 1. The highest BCUT2D eigenvalue weighted by atomic mass is 19.1. The van der Waals surface area contributed by atoms with E-state index in [9.17, 15) is 15.3 Å². The van der Waals surface area contributed by atoms with Gasteiger partial charge in [-0.3, -0.25) is 5.10 Å². The van der Waals surface area contributed by atoms with Gasteiger partial charge in [0.25, 0.3) is 0 Å². The average Bonchev–Trinajstić information content (AvgIpc) is 3.53. The minimum Gasteiger partial charge on any atom is -0.389 e. The Balaban J connectivity index is 1.32. The number of hydrogen-bond donors (Lipinski definition) is 5. The number of halogens is 1. The molecular weight excluding hydrogens is 475 g/mol. The number of fused-ring (bicyclic) bond motifs is 2. The van der Waals surface area contributed by atoms with Crippen molar-refractivity contribution in [3.63, 3.8) is 0 Å². The van der Waals surface area contributed by atoms with E-state index in [1.54, 1.807) is 0 Å².